The zero-order valence-corrected chi connectivity index (χ0v) is 10.6. The van der Waals surface area contributed by atoms with Crippen LogP contribution in [0.3, 0.4) is 0 Å². The lowest BCUT2D eigenvalue weighted by Crippen LogP contribution is -2.41. The second-order valence-electron chi connectivity index (χ2n) is 3.73. The minimum atomic E-state index is -1.06. The summed E-state index contributed by atoms with van der Waals surface area (Å²) in [4.78, 5) is 30.2. The molecule has 1 aromatic heterocycles. The third kappa shape index (κ3) is 4.29. The number of unbranched alkanes of at least 4 members (excludes halogenated alkanes) is 1. The van der Waals surface area contributed by atoms with Gasteiger partial charge in [0.25, 0.3) is 5.91 Å². The Kier molecular flexibility index (Phi) is 5.51. The largest absolute Gasteiger partial charge is 0.480 e. The number of carbonyl (C=O) groups is 2. The second-order valence-corrected chi connectivity index (χ2v) is 4.12. The predicted molar refractivity (Wildman–Crippen MR) is 65.5 cm³/mol. The van der Waals surface area contributed by atoms with Crippen LogP contribution in [0.4, 0.5) is 0 Å². The van der Waals surface area contributed by atoms with Crippen molar-refractivity contribution in [3.8, 4) is 0 Å². The molecule has 2 N–H and O–H groups in total. The van der Waals surface area contributed by atoms with Gasteiger partial charge >= 0.3 is 5.97 Å². The van der Waals surface area contributed by atoms with Crippen molar-refractivity contribution in [2.45, 2.75) is 32.2 Å². The van der Waals surface area contributed by atoms with E-state index in [-0.39, 0.29) is 10.8 Å². The molecule has 0 aliphatic carbocycles. The number of rotatable bonds is 6. The molecule has 0 saturated heterocycles. The molecule has 0 radical (unpaired) electrons. The van der Waals surface area contributed by atoms with Crippen molar-refractivity contribution in [1.82, 2.24) is 15.3 Å². The van der Waals surface area contributed by atoms with E-state index < -0.39 is 17.9 Å². The Morgan fingerprint density at radius 2 is 2.22 bits per heavy atom. The lowest BCUT2D eigenvalue weighted by atomic mass is 10.1. The van der Waals surface area contributed by atoms with Gasteiger partial charge in [-0.2, -0.15) is 0 Å². The number of halogens is 1. The standard InChI is InChI=1S/C11H14ClN3O3/c1-2-3-4-7(11(17)18)15-10(16)8-5-13-6-9(12)14-8/h5-7H,2-4H2,1H3,(H,15,16)(H,17,18)/t7-/m0/s1. The molecule has 0 fully saturated rings. The number of nitrogens with one attached hydrogen (secondary N) is 1. The highest BCUT2D eigenvalue weighted by Gasteiger charge is 2.20. The van der Waals surface area contributed by atoms with Crippen molar-refractivity contribution in [3.05, 3.63) is 23.2 Å². The van der Waals surface area contributed by atoms with Crippen LogP contribution in [0.5, 0.6) is 0 Å². The number of carboxylic acid groups (broad SMARTS) is 1. The third-order valence-corrected chi connectivity index (χ3v) is 2.47. The summed E-state index contributed by atoms with van der Waals surface area (Å²) >= 11 is 5.60. The van der Waals surface area contributed by atoms with Crippen LogP contribution in [0.15, 0.2) is 12.4 Å². The molecular formula is C11H14ClN3O3. The van der Waals surface area contributed by atoms with Crippen molar-refractivity contribution in [3.63, 3.8) is 0 Å². The molecule has 6 nitrogen and oxygen atoms in total. The molecule has 98 valence electrons. The van der Waals surface area contributed by atoms with Crippen LogP contribution in [0, 0.1) is 0 Å². The van der Waals surface area contributed by atoms with Gasteiger partial charge in [-0.3, -0.25) is 9.78 Å². The summed E-state index contributed by atoms with van der Waals surface area (Å²) in [6, 6.07) is -0.918. The maximum absolute atomic E-state index is 11.7. The average molecular weight is 272 g/mol. The molecule has 1 atom stereocenters. The van der Waals surface area contributed by atoms with Gasteiger partial charge in [0.15, 0.2) is 0 Å². The topological polar surface area (TPSA) is 92.2 Å². The highest BCUT2D eigenvalue weighted by atomic mass is 35.5. The number of carbonyl (C=O) groups excluding carboxylic acids is 1. The minimum Gasteiger partial charge on any atom is -0.480 e. The van der Waals surface area contributed by atoms with Gasteiger partial charge in [0.05, 0.1) is 12.4 Å². The SMILES string of the molecule is CCCC[C@H](NC(=O)c1cncc(Cl)n1)C(=O)O. The van der Waals surface area contributed by atoms with Gasteiger partial charge < -0.3 is 10.4 Å². The van der Waals surface area contributed by atoms with Gasteiger partial charge in [0.1, 0.15) is 16.9 Å². The maximum Gasteiger partial charge on any atom is 0.326 e. The summed E-state index contributed by atoms with van der Waals surface area (Å²) in [6.45, 7) is 1.95. The normalized spacial score (nSPS) is 11.9. The van der Waals surface area contributed by atoms with E-state index in [9.17, 15) is 9.59 Å². The first-order chi connectivity index (χ1) is 8.54. The number of carboxylic acids is 1. The quantitative estimate of drug-likeness (QED) is 0.818. The van der Waals surface area contributed by atoms with E-state index in [1.807, 2.05) is 6.92 Å². The molecule has 0 spiro atoms. The molecule has 0 bridgehead atoms. The Bertz CT molecular complexity index is 439. The van der Waals surface area contributed by atoms with E-state index in [0.29, 0.717) is 6.42 Å². The molecule has 18 heavy (non-hydrogen) atoms. The van der Waals surface area contributed by atoms with E-state index in [1.165, 1.54) is 12.4 Å². The fourth-order valence-electron chi connectivity index (χ4n) is 1.35. The lowest BCUT2D eigenvalue weighted by Gasteiger charge is -2.13. The molecular weight excluding hydrogens is 258 g/mol. The summed E-state index contributed by atoms with van der Waals surface area (Å²) in [5, 5.41) is 11.5. The summed E-state index contributed by atoms with van der Waals surface area (Å²) in [6.07, 6.45) is 4.49. The fourth-order valence-corrected chi connectivity index (χ4v) is 1.50. The van der Waals surface area contributed by atoms with Crippen molar-refractivity contribution >= 4 is 23.5 Å². The zero-order valence-electron chi connectivity index (χ0n) is 9.89. The third-order valence-electron chi connectivity index (χ3n) is 2.29. The molecule has 0 aromatic carbocycles. The van der Waals surface area contributed by atoms with Gasteiger partial charge in [-0.1, -0.05) is 31.4 Å². The average Bonchev–Trinajstić information content (AvgIpc) is 2.33. The highest BCUT2D eigenvalue weighted by Crippen LogP contribution is 2.05. The van der Waals surface area contributed by atoms with Crippen molar-refractivity contribution in [2.24, 2.45) is 0 Å². The van der Waals surface area contributed by atoms with Crippen LogP contribution < -0.4 is 5.32 Å². The number of amides is 1. The van der Waals surface area contributed by atoms with Crippen LogP contribution in [0.2, 0.25) is 5.15 Å². The smallest absolute Gasteiger partial charge is 0.326 e. The van der Waals surface area contributed by atoms with Crippen LogP contribution in [0.1, 0.15) is 36.7 Å². The Balaban J connectivity index is 2.69. The van der Waals surface area contributed by atoms with Crippen LogP contribution in [0.25, 0.3) is 0 Å². The van der Waals surface area contributed by atoms with Crippen LogP contribution in [-0.4, -0.2) is 33.0 Å². The molecule has 0 saturated carbocycles. The molecule has 0 aliphatic heterocycles. The number of aliphatic carboxylic acids is 1. The first kappa shape index (κ1) is 14.4. The Labute approximate surface area is 109 Å². The van der Waals surface area contributed by atoms with Gasteiger partial charge in [-0.25, -0.2) is 9.78 Å². The summed E-state index contributed by atoms with van der Waals surface area (Å²) in [5.41, 5.74) is 0.00486. The highest BCUT2D eigenvalue weighted by molar-refractivity contribution is 6.29. The van der Waals surface area contributed by atoms with Crippen LogP contribution >= 0.6 is 11.6 Å². The van der Waals surface area contributed by atoms with E-state index in [4.69, 9.17) is 16.7 Å². The minimum absolute atomic E-state index is 0.00486. The zero-order chi connectivity index (χ0) is 13.5. The van der Waals surface area contributed by atoms with E-state index >= 15 is 0 Å². The van der Waals surface area contributed by atoms with Crippen molar-refractivity contribution < 1.29 is 14.7 Å². The Hall–Kier alpha value is -1.69. The first-order valence-corrected chi connectivity index (χ1v) is 5.93. The summed E-state index contributed by atoms with van der Waals surface area (Å²) < 4.78 is 0. The van der Waals surface area contributed by atoms with E-state index in [0.717, 1.165) is 12.8 Å². The molecule has 0 aliphatic rings. The van der Waals surface area contributed by atoms with E-state index in [2.05, 4.69) is 15.3 Å². The number of hydrogen-bond acceptors (Lipinski definition) is 4. The second kappa shape index (κ2) is 6.90. The molecule has 1 aromatic rings. The fraction of sp³-hybridized carbons (Fsp3) is 0.455. The van der Waals surface area contributed by atoms with Crippen molar-refractivity contribution in [1.29, 1.82) is 0 Å². The number of nitrogens with zero attached hydrogens (tertiary/aromatic N) is 2. The van der Waals surface area contributed by atoms with Gasteiger partial charge in [0, 0.05) is 0 Å². The Morgan fingerprint density at radius 3 is 2.78 bits per heavy atom. The Morgan fingerprint density at radius 1 is 1.50 bits per heavy atom. The number of hydrogen-bond donors (Lipinski definition) is 2. The molecule has 1 rings (SSSR count). The molecule has 7 heteroatoms. The van der Waals surface area contributed by atoms with E-state index in [1.54, 1.807) is 0 Å². The maximum atomic E-state index is 11.7. The van der Waals surface area contributed by atoms with Gasteiger partial charge in [0.2, 0.25) is 0 Å². The van der Waals surface area contributed by atoms with Crippen molar-refractivity contribution in [2.75, 3.05) is 0 Å². The lowest BCUT2D eigenvalue weighted by molar-refractivity contribution is -0.139. The van der Waals surface area contributed by atoms with Crippen LogP contribution in [-0.2, 0) is 4.79 Å². The summed E-state index contributed by atoms with van der Waals surface area (Å²) in [5.74, 6) is -1.65. The summed E-state index contributed by atoms with van der Waals surface area (Å²) in [7, 11) is 0. The predicted octanol–water partition coefficient (Wildman–Crippen LogP) is 1.50. The molecule has 1 heterocycles. The number of aromatic nitrogens is 2. The van der Waals surface area contributed by atoms with Gasteiger partial charge in [-0.05, 0) is 6.42 Å². The monoisotopic (exact) mass is 271 g/mol. The first-order valence-electron chi connectivity index (χ1n) is 5.55. The van der Waals surface area contributed by atoms with Gasteiger partial charge in [-0.15, -0.1) is 0 Å². The molecule has 1 amide bonds. The molecule has 0 unspecified atom stereocenters.